The molecule has 158 valence electrons. The topological polar surface area (TPSA) is 87.3 Å². The molecule has 6 nitrogen and oxygen atoms in total. The first-order valence-corrected chi connectivity index (χ1v) is 11.6. The van der Waals surface area contributed by atoms with Crippen molar-refractivity contribution in [3.63, 3.8) is 0 Å². The standard InChI is InChI=1S/C22H31N3O3S/c1-13(2)19(23-20(27)17-4-3-5-29-17)21(28)25-24-18(26)12-22-9-14-6-15(10-22)8-16(7-14)11-22/h3-5,13-16,19H,6-12H2,1-2H3,(H,23,27)(H,24,26)(H,25,28)/t14?,15?,16?,19-,22?/m0/s1. The minimum atomic E-state index is -0.704. The average Bonchev–Trinajstić information content (AvgIpc) is 3.17. The highest BCUT2D eigenvalue weighted by molar-refractivity contribution is 7.12. The summed E-state index contributed by atoms with van der Waals surface area (Å²) in [6.07, 6.45) is 8.00. The van der Waals surface area contributed by atoms with Crippen LogP contribution in [0.15, 0.2) is 17.5 Å². The number of amides is 3. The van der Waals surface area contributed by atoms with Crippen LogP contribution in [0.2, 0.25) is 0 Å². The van der Waals surface area contributed by atoms with Gasteiger partial charge in [-0.3, -0.25) is 25.2 Å². The van der Waals surface area contributed by atoms with Gasteiger partial charge in [-0.2, -0.15) is 0 Å². The molecule has 4 bridgehead atoms. The molecule has 0 saturated heterocycles. The Balaban J connectivity index is 1.29. The molecule has 1 aromatic rings. The molecule has 0 spiro atoms. The Morgan fingerprint density at radius 2 is 1.69 bits per heavy atom. The van der Waals surface area contributed by atoms with Crippen molar-refractivity contribution < 1.29 is 14.4 Å². The van der Waals surface area contributed by atoms with Crippen molar-refractivity contribution in [3.8, 4) is 0 Å². The monoisotopic (exact) mass is 417 g/mol. The highest BCUT2D eigenvalue weighted by atomic mass is 32.1. The third-order valence-electron chi connectivity index (χ3n) is 7.01. The average molecular weight is 418 g/mol. The predicted octanol–water partition coefficient (Wildman–Crippen LogP) is 3.26. The quantitative estimate of drug-likeness (QED) is 0.621. The molecular formula is C22H31N3O3S. The fourth-order valence-corrected chi connectivity index (χ4v) is 6.88. The molecule has 1 heterocycles. The number of hydrogen-bond donors (Lipinski definition) is 3. The lowest BCUT2D eigenvalue weighted by atomic mass is 9.49. The molecule has 0 aliphatic heterocycles. The Hall–Kier alpha value is -1.89. The zero-order chi connectivity index (χ0) is 20.6. The number of thiophene rings is 1. The van der Waals surface area contributed by atoms with Crippen molar-refractivity contribution in [2.24, 2.45) is 29.1 Å². The first-order valence-electron chi connectivity index (χ1n) is 10.8. The summed E-state index contributed by atoms with van der Waals surface area (Å²) in [5.41, 5.74) is 5.29. The summed E-state index contributed by atoms with van der Waals surface area (Å²) in [6.45, 7) is 3.74. The largest absolute Gasteiger partial charge is 0.339 e. The number of rotatable bonds is 6. The Morgan fingerprint density at radius 3 is 2.21 bits per heavy atom. The Bertz CT molecular complexity index is 739. The van der Waals surface area contributed by atoms with Gasteiger partial charge in [0.15, 0.2) is 0 Å². The zero-order valence-electron chi connectivity index (χ0n) is 17.2. The summed E-state index contributed by atoms with van der Waals surface area (Å²) in [5, 5.41) is 4.60. The van der Waals surface area contributed by atoms with Crippen molar-refractivity contribution in [3.05, 3.63) is 22.4 Å². The van der Waals surface area contributed by atoms with Crippen LogP contribution in [0.25, 0.3) is 0 Å². The molecule has 5 rings (SSSR count). The van der Waals surface area contributed by atoms with Crippen LogP contribution in [0, 0.1) is 29.1 Å². The third-order valence-corrected chi connectivity index (χ3v) is 7.88. The van der Waals surface area contributed by atoms with E-state index in [-0.39, 0.29) is 29.1 Å². The predicted molar refractivity (Wildman–Crippen MR) is 112 cm³/mol. The molecule has 0 radical (unpaired) electrons. The van der Waals surface area contributed by atoms with Gasteiger partial charge in [-0.05, 0) is 79.1 Å². The van der Waals surface area contributed by atoms with E-state index < -0.39 is 6.04 Å². The molecule has 4 aliphatic rings. The van der Waals surface area contributed by atoms with E-state index in [1.807, 2.05) is 19.2 Å². The molecule has 29 heavy (non-hydrogen) atoms. The summed E-state index contributed by atoms with van der Waals surface area (Å²) in [4.78, 5) is 38.1. The van der Waals surface area contributed by atoms with E-state index in [2.05, 4.69) is 16.2 Å². The van der Waals surface area contributed by atoms with E-state index in [0.29, 0.717) is 11.3 Å². The van der Waals surface area contributed by atoms with Gasteiger partial charge in [0, 0.05) is 6.42 Å². The highest BCUT2D eigenvalue weighted by Gasteiger charge is 2.51. The normalized spacial score (nSPS) is 30.8. The van der Waals surface area contributed by atoms with Crippen molar-refractivity contribution in [2.75, 3.05) is 0 Å². The fourth-order valence-electron chi connectivity index (χ4n) is 6.26. The molecule has 3 amide bonds. The second-order valence-corrected chi connectivity index (χ2v) is 10.8. The Labute approximate surface area is 176 Å². The van der Waals surface area contributed by atoms with Gasteiger partial charge < -0.3 is 5.32 Å². The summed E-state index contributed by atoms with van der Waals surface area (Å²) < 4.78 is 0. The van der Waals surface area contributed by atoms with Crippen LogP contribution >= 0.6 is 11.3 Å². The van der Waals surface area contributed by atoms with Crippen LogP contribution in [-0.4, -0.2) is 23.8 Å². The van der Waals surface area contributed by atoms with Gasteiger partial charge in [-0.25, -0.2) is 0 Å². The summed E-state index contributed by atoms with van der Waals surface area (Å²) in [6, 6.07) is 2.82. The van der Waals surface area contributed by atoms with Gasteiger partial charge in [-0.1, -0.05) is 19.9 Å². The van der Waals surface area contributed by atoms with E-state index >= 15 is 0 Å². The third kappa shape index (κ3) is 4.49. The SMILES string of the molecule is CC(C)[C@H](NC(=O)c1cccs1)C(=O)NNC(=O)CC12CC3CC(CC(C3)C1)C2. The van der Waals surface area contributed by atoms with Gasteiger partial charge in [0.2, 0.25) is 5.91 Å². The van der Waals surface area contributed by atoms with Gasteiger partial charge in [0.05, 0.1) is 4.88 Å². The van der Waals surface area contributed by atoms with Crippen molar-refractivity contribution in [1.82, 2.24) is 16.2 Å². The Kier molecular flexibility index (Phi) is 5.69. The Morgan fingerprint density at radius 1 is 1.07 bits per heavy atom. The minimum absolute atomic E-state index is 0.0982. The lowest BCUT2D eigenvalue weighted by molar-refractivity contribution is -0.135. The minimum Gasteiger partial charge on any atom is -0.339 e. The molecule has 4 aliphatic carbocycles. The molecule has 0 aromatic carbocycles. The van der Waals surface area contributed by atoms with Gasteiger partial charge in [0.1, 0.15) is 6.04 Å². The molecule has 7 heteroatoms. The van der Waals surface area contributed by atoms with Crippen LogP contribution in [0.4, 0.5) is 0 Å². The van der Waals surface area contributed by atoms with E-state index in [4.69, 9.17) is 0 Å². The number of carbonyl (C=O) groups is 3. The zero-order valence-corrected chi connectivity index (χ0v) is 18.0. The molecule has 4 fully saturated rings. The maximum Gasteiger partial charge on any atom is 0.262 e. The first kappa shape index (κ1) is 20.4. The second-order valence-electron chi connectivity index (χ2n) is 9.80. The van der Waals surface area contributed by atoms with Crippen molar-refractivity contribution >= 4 is 29.1 Å². The first-order chi connectivity index (χ1) is 13.8. The van der Waals surface area contributed by atoms with Crippen molar-refractivity contribution in [1.29, 1.82) is 0 Å². The number of nitrogens with one attached hydrogen (secondary N) is 3. The van der Waals surface area contributed by atoms with Crippen LogP contribution in [0.5, 0.6) is 0 Å². The lowest BCUT2D eigenvalue weighted by Crippen LogP contribution is -2.55. The van der Waals surface area contributed by atoms with E-state index in [9.17, 15) is 14.4 Å². The van der Waals surface area contributed by atoms with Crippen LogP contribution in [0.3, 0.4) is 0 Å². The second kappa shape index (κ2) is 8.09. The van der Waals surface area contributed by atoms with Gasteiger partial charge >= 0.3 is 0 Å². The van der Waals surface area contributed by atoms with Gasteiger partial charge in [-0.15, -0.1) is 11.3 Å². The van der Waals surface area contributed by atoms with E-state index in [1.165, 1.54) is 30.6 Å². The lowest BCUT2D eigenvalue weighted by Gasteiger charge is -2.56. The van der Waals surface area contributed by atoms with Crippen LogP contribution in [-0.2, 0) is 9.59 Å². The fraction of sp³-hybridized carbons (Fsp3) is 0.682. The van der Waals surface area contributed by atoms with Crippen LogP contribution < -0.4 is 16.2 Å². The molecule has 1 atom stereocenters. The van der Waals surface area contributed by atoms with Crippen molar-refractivity contribution in [2.45, 2.75) is 64.8 Å². The molecular weight excluding hydrogens is 386 g/mol. The number of carbonyl (C=O) groups excluding carboxylic acids is 3. The summed E-state index contributed by atoms with van der Waals surface area (Å²) in [5.74, 6) is 1.51. The van der Waals surface area contributed by atoms with E-state index in [1.54, 1.807) is 12.1 Å². The summed E-state index contributed by atoms with van der Waals surface area (Å²) >= 11 is 1.33. The van der Waals surface area contributed by atoms with Gasteiger partial charge in [0.25, 0.3) is 11.8 Å². The summed E-state index contributed by atoms with van der Waals surface area (Å²) in [7, 11) is 0. The molecule has 4 saturated carbocycles. The number of hydrazine groups is 1. The maximum atomic E-state index is 12.6. The number of hydrogen-bond acceptors (Lipinski definition) is 4. The van der Waals surface area contributed by atoms with E-state index in [0.717, 1.165) is 37.0 Å². The molecule has 1 aromatic heterocycles. The maximum absolute atomic E-state index is 12.6. The smallest absolute Gasteiger partial charge is 0.262 e. The highest BCUT2D eigenvalue weighted by Crippen LogP contribution is 2.61. The molecule has 3 N–H and O–H groups in total. The van der Waals surface area contributed by atoms with Crippen LogP contribution in [0.1, 0.15) is 68.5 Å². The molecule has 0 unspecified atom stereocenters.